The number of hydrogen-bond acceptors (Lipinski definition) is 3. The van der Waals surface area contributed by atoms with Crippen molar-refractivity contribution in [3.63, 3.8) is 0 Å². The molecule has 1 aromatic heterocycles. The van der Waals surface area contributed by atoms with Crippen molar-refractivity contribution in [3.05, 3.63) is 84.7 Å². The lowest BCUT2D eigenvalue weighted by molar-refractivity contribution is 0.0907. The molecule has 1 heterocycles. The van der Waals surface area contributed by atoms with E-state index >= 15 is 0 Å². The van der Waals surface area contributed by atoms with E-state index in [2.05, 4.69) is 5.32 Å². The molecule has 0 fully saturated rings. The summed E-state index contributed by atoms with van der Waals surface area (Å²) in [6.45, 7) is 1.84. The van der Waals surface area contributed by atoms with Crippen LogP contribution in [-0.2, 0) is 6.61 Å². The van der Waals surface area contributed by atoms with Gasteiger partial charge in [0.05, 0.1) is 21.1 Å². The molecule has 3 aromatic rings. The Morgan fingerprint density at radius 2 is 1.52 bits per heavy atom. The minimum absolute atomic E-state index is 0.0344. The quantitative estimate of drug-likeness (QED) is 0.284. The van der Waals surface area contributed by atoms with E-state index in [-0.39, 0.29) is 55.2 Å². The number of halogens is 5. The van der Waals surface area contributed by atoms with Gasteiger partial charge in [0.25, 0.3) is 5.91 Å². The Morgan fingerprint density at radius 3 is 2.14 bits per heavy atom. The van der Waals surface area contributed by atoms with E-state index in [0.29, 0.717) is 5.76 Å². The molecule has 152 valence electrons. The number of hydrogen-bond donors (Lipinski definition) is 1. The van der Waals surface area contributed by atoms with Crippen molar-refractivity contribution in [1.29, 1.82) is 0 Å². The van der Waals surface area contributed by atoms with E-state index in [1.54, 1.807) is 12.1 Å². The van der Waals surface area contributed by atoms with Crippen LogP contribution in [-0.4, -0.2) is 5.91 Å². The van der Waals surface area contributed by atoms with Gasteiger partial charge in [-0.25, -0.2) is 0 Å². The average molecular weight is 494 g/mol. The van der Waals surface area contributed by atoms with Crippen molar-refractivity contribution in [3.8, 4) is 5.75 Å². The van der Waals surface area contributed by atoms with Crippen LogP contribution in [0.3, 0.4) is 0 Å². The molecule has 0 aliphatic heterocycles. The Labute approximate surface area is 192 Å². The van der Waals surface area contributed by atoms with Crippen molar-refractivity contribution >= 4 is 63.9 Å². The summed E-state index contributed by atoms with van der Waals surface area (Å²) in [5.74, 6) is 0.265. The van der Waals surface area contributed by atoms with Gasteiger partial charge in [0.1, 0.15) is 22.4 Å². The lowest BCUT2D eigenvalue weighted by atomic mass is 10.1. The van der Waals surface area contributed by atoms with Crippen LogP contribution in [0, 0.1) is 0 Å². The van der Waals surface area contributed by atoms with Crippen molar-refractivity contribution in [2.45, 2.75) is 19.6 Å². The van der Waals surface area contributed by atoms with Crippen LogP contribution in [0.5, 0.6) is 5.75 Å². The lowest BCUT2D eigenvalue weighted by Crippen LogP contribution is -2.26. The van der Waals surface area contributed by atoms with Gasteiger partial charge in [-0.2, -0.15) is 0 Å². The maximum Gasteiger partial charge on any atom is 0.287 e. The second-order valence-electron chi connectivity index (χ2n) is 6.06. The molecule has 0 aliphatic carbocycles. The number of furan rings is 1. The third-order valence-corrected chi connectivity index (χ3v) is 6.30. The van der Waals surface area contributed by atoms with E-state index in [1.807, 2.05) is 37.3 Å². The summed E-state index contributed by atoms with van der Waals surface area (Å²) < 4.78 is 11.1. The minimum Gasteiger partial charge on any atom is -0.482 e. The van der Waals surface area contributed by atoms with E-state index in [1.165, 1.54) is 0 Å². The predicted octanol–water partition coefficient (Wildman–Crippen LogP) is 7.62. The number of carbonyl (C=O) groups is 1. The van der Waals surface area contributed by atoms with Crippen molar-refractivity contribution in [2.75, 3.05) is 0 Å². The van der Waals surface area contributed by atoms with Crippen LogP contribution < -0.4 is 10.1 Å². The molecule has 9 heteroatoms. The highest BCUT2D eigenvalue weighted by atomic mass is 35.5. The Kier molecular flexibility index (Phi) is 7.25. The van der Waals surface area contributed by atoms with Crippen LogP contribution in [0.25, 0.3) is 0 Å². The van der Waals surface area contributed by atoms with Gasteiger partial charge in [-0.3, -0.25) is 4.79 Å². The molecule has 0 aliphatic rings. The van der Waals surface area contributed by atoms with Crippen LogP contribution in [0.4, 0.5) is 0 Å². The molecule has 1 N–H and O–H groups in total. The normalized spacial score (nSPS) is 11.9. The molecule has 3 rings (SSSR count). The van der Waals surface area contributed by atoms with Crippen LogP contribution >= 0.6 is 58.0 Å². The van der Waals surface area contributed by atoms with Gasteiger partial charge in [0.2, 0.25) is 0 Å². The first-order chi connectivity index (χ1) is 13.8. The highest BCUT2D eigenvalue weighted by Gasteiger charge is 2.21. The molecule has 2 aromatic carbocycles. The highest BCUT2D eigenvalue weighted by molar-refractivity contribution is 6.55. The highest BCUT2D eigenvalue weighted by Crippen LogP contribution is 2.48. The predicted molar refractivity (Wildman–Crippen MR) is 117 cm³/mol. The van der Waals surface area contributed by atoms with E-state index in [9.17, 15) is 4.79 Å². The zero-order valence-corrected chi connectivity index (χ0v) is 18.7. The Balaban J connectivity index is 1.68. The number of benzene rings is 2. The zero-order valence-electron chi connectivity index (χ0n) is 14.9. The number of rotatable bonds is 6. The first kappa shape index (κ1) is 22.1. The first-order valence-electron chi connectivity index (χ1n) is 8.38. The monoisotopic (exact) mass is 491 g/mol. The molecule has 4 nitrogen and oxygen atoms in total. The summed E-state index contributed by atoms with van der Waals surface area (Å²) in [6.07, 6.45) is 0. The fraction of sp³-hybridized carbons (Fsp3) is 0.150. The second kappa shape index (κ2) is 9.50. The Morgan fingerprint density at radius 1 is 0.931 bits per heavy atom. The molecule has 0 saturated heterocycles. The second-order valence-corrected chi connectivity index (χ2v) is 7.95. The summed E-state index contributed by atoms with van der Waals surface area (Å²) in [5, 5.41) is 3.05. The van der Waals surface area contributed by atoms with E-state index < -0.39 is 0 Å². The smallest absolute Gasteiger partial charge is 0.287 e. The third-order valence-electron chi connectivity index (χ3n) is 4.06. The molecule has 1 amide bonds. The number of carbonyl (C=O) groups excluding carboxylic acids is 1. The number of amides is 1. The van der Waals surface area contributed by atoms with Gasteiger partial charge in [0.15, 0.2) is 11.5 Å². The van der Waals surface area contributed by atoms with Gasteiger partial charge >= 0.3 is 0 Å². The minimum atomic E-state index is -0.346. The van der Waals surface area contributed by atoms with Gasteiger partial charge in [-0.05, 0) is 24.6 Å². The topological polar surface area (TPSA) is 51.5 Å². The van der Waals surface area contributed by atoms with Gasteiger partial charge in [-0.15, -0.1) is 0 Å². The van der Waals surface area contributed by atoms with Gasteiger partial charge in [0, 0.05) is 0 Å². The van der Waals surface area contributed by atoms with Crippen LogP contribution in [0.15, 0.2) is 46.9 Å². The average Bonchev–Trinajstić information content (AvgIpc) is 3.20. The van der Waals surface area contributed by atoms with E-state index in [4.69, 9.17) is 67.2 Å². The van der Waals surface area contributed by atoms with Crippen molar-refractivity contribution < 1.29 is 13.9 Å². The maximum absolute atomic E-state index is 12.4. The number of ether oxygens (including phenoxy) is 1. The SMILES string of the molecule is CC(NC(=O)c1ccc(COc2c(Cl)c(Cl)c(Cl)c(Cl)c2Cl)o1)c1ccccc1. The fourth-order valence-corrected chi connectivity index (χ4v) is 3.76. The Hall–Kier alpha value is -1.56. The molecular weight excluding hydrogens is 479 g/mol. The molecule has 0 radical (unpaired) electrons. The standard InChI is InChI=1S/C20H14Cl5NO3/c1-10(11-5-3-2-4-6-11)26-20(27)13-8-7-12(29-13)9-28-19-17(24)15(22)14(21)16(23)18(19)25/h2-8,10H,9H2,1H3,(H,26,27). The molecule has 0 saturated carbocycles. The number of nitrogens with one attached hydrogen (secondary N) is 1. The Bertz CT molecular complexity index is 1010. The zero-order chi connectivity index (χ0) is 21.1. The summed E-state index contributed by atoms with van der Waals surface area (Å²) in [4.78, 5) is 12.4. The largest absolute Gasteiger partial charge is 0.482 e. The fourth-order valence-electron chi connectivity index (χ4n) is 2.53. The van der Waals surface area contributed by atoms with E-state index in [0.717, 1.165) is 5.56 Å². The maximum atomic E-state index is 12.4. The van der Waals surface area contributed by atoms with Crippen molar-refractivity contribution in [2.24, 2.45) is 0 Å². The summed E-state index contributed by atoms with van der Waals surface area (Å²) in [6, 6.07) is 12.6. The third kappa shape index (κ3) is 4.96. The molecule has 1 unspecified atom stereocenters. The van der Waals surface area contributed by atoms with Crippen LogP contribution in [0.2, 0.25) is 25.1 Å². The summed E-state index contributed by atoms with van der Waals surface area (Å²) in [5.41, 5.74) is 0.983. The molecule has 0 bridgehead atoms. The summed E-state index contributed by atoms with van der Waals surface area (Å²) >= 11 is 30.3. The van der Waals surface area contributed by atoms with Gasteiger partial charge < -0.3 is 14.5 Å². The molecule has 0 spiro atoms. The lowest BCUT2D eigenvalue weighted by Gasteiger charge is -2.13. The molecule has 29 heavy (non-hydrogen) atoms. The molecule has 1 atom stereocenters. The first-order valence-corrected chi connectivity index (χ1v) is 10.3. The van der Waals surface area contributed by atoms with Gasteiger partial charge in [-0.1, -0.05) is 88.3 Å². The summed E-state index contributed by atoms with van der Waals surface area (Å²) in [7, 11) is 0. The van der Waals surface area contributed by atoms with Crippen LogP contribution in [0.1, 0.15) is 34.8 Å². The molecular formula is C20H14Cl5NO3. The van der Waals surface area contributed by atoms with Crippen molar-refractivity contribution in [1.82, 2.24) is 5.32 Å².